The second-order valence-electron chi connectivity index (χ2n) is 9.10. The number of ketones is 2. The Morgan fingerprint density at radius 1 is 0.838 bits per heavy atom. The number of amides is 1. The van der Waals surface area contributed by atoms with Gasteiger partial charge in [0.05, 0.1) is 5.69 Å². The van der Waals surface area contributed by atoms with E-state index in [-0.39, 0.29) is 11.6 Å². The molecule has 0 aliphatic carbocycles. The Morgan fingerprint density at radius 3 is 1.78 bits per heavy atom. The Kier molecular flexibility index (Phi) is 15.5. The van der Waals surface area contributed by atoms with Crippen molar-refractivity contribution in [2.75, 3.05) is 34.9 Å². The summed E-state index contributed by atoms with van der Waals surface area (Å²) in [6, 6.07) is 14.3. The fourth-order valence-corrected chi connectivity index (χ4v) is 3.89. The average molecular weight is 549 g/mol. The van der Waals surface area contributed by atoms with Gasteiger partial charge in [-0.1, -0.05) is 24.3 Å². The molecule has 2 aromatic carbocycles. The molecular formula is C27H40N4O4S2. The predicted octanol–water partition coefficient (Wildman–Crippen LogP) is 6.16. The molecule has 0 atom stereocenters. The molecule has 37 heavy (non-hydrogen) atoms. The maximum atomic E-state index is 12.0. The van der Waals surface area contributed by atoms with E-state index < -0.39 is 11.7 Å². The maximum absolute atomic E-state index is 12.0. The Bertz CT molecular complexity index is 996. The first kappa shape index (κ1) is 32.3. The van der Waals surface area contributed by atoms with Crippen molar-refractivity contribution in [3.8, 4) is 0 Å². The van der Waals surface area contributed by atoms with Crippen LogP contribution >= 0.6 is 23.5 Å². The molecule has 0 fully saturated rings. The Morgan fingerprint density at radius 2 is 1.32 bits per heavy atom. The van der Waals surface area contributed by atoms with Crippen molar-refractivity contribution in [2.45, 2.75) is 52.1 Å². The lowest BCUT2D eigenvalue weighted by atomic mass is 10.1. The van der Waals surface area contributed by atoms with Crippen LogP contribution in [-0.4, -0.2) is 47.3 Å². The van der Waals surface area contributed by atoms with Gasteiger partial charge in [0.2, 0.25) is 0 Å². The second kappa shape index (κ2) is 17.7. The summed E-state index contributed by atoms with van der Waals surface area (Å²) in [7, 11) is 0. The lowest BCUT2D eigenvalue weighted by molar-refractivity contribution is 0.0540. The molecule has 0 spiro atoms. The van der Waals surface area contributed by atoms with Crippen LogP contribution in [0.1, 0.15) is 67.2 Å². The topological polar surface area (TPSA) is 123 Å². The van der Waals surface area contributed by atoms with Gasteiger partial charge in [0.25, 0.3) is 0 Å². The molecule has 5 N–H and O–H groups in total. The minimum absolute atomic E-state index is 0.106. The number of nitrogens with one attached hydrogen (secondary N) is 3. The van der Waals surface area contributed by atoms with Crippen molar-refractivity contribution in [3.05, 3.63) is 59.7 Å². The van der Waals surface area contributed by atoms with Gasteiger partial charge in [-0.05, 0) is 81.9 Å². The highest BCUT2D eigenvalue weighted by Crippen LogP contribution is 2.14. The highest BCUT2D eigenvalue weighted by molar-refractivity contribution is 7.98. The number of thioether (sulfide) groups is 2. The number of hydrogen-bond acceptors (Lipinski definition) is 9. The third kappa shape index (κ3) is 14.6. The highest BCUT2D eigenvalue weighted by atomic mass is 32.2. The summed E-state index contributed by atoms with van der Waals surface area (Å²) in [4.78, 5) is 35.3. The average Bonchev–Trinajstić information content (AvgIpc) is 2.87. The van der Waals surface area contributed by atoms with E-state index in [1.807, 2.05) is 30.7 Å². The standard InChI is InChI=1S/C16H24N2O3S.C11H16N2OS/c1-16(2,3)21-15(20)18-17-13-8-5-7-12(11-13)14(19)9-6-10-22-4;1-15-7-3-6-11(14)9-4-2-5-10(8-9)13-12/h5,7-8,11,17H,6,9-10H2,1-4H3,(H,18,20);2,4-5,8,13H,3,6-7,12H2,1H3. The molecule has 0 saturated carbocycles. The number of nitrogens with two attached hydrogens (primary N) is 1. The lowest BCUT2D eigenvalue weighted by Gasteiger charge is -2.20. The molecule has 2 aromatic rings. The van der Waals surface area contributed by atoms with Crippen LogP contribution in [-0.2, 0) is 4.74 Å². The van der Waals surface area contributed by atoms with Gasteiger partial charge in [-0.2, -0.15) is 23.5 Å². The molecule has 2 rings (SSSR count). The fourth-order valence-electron chi connectivity index (χ4n) is 3.02. The summed E-state index contributed by atoms with van der Waals surface area (Å²) in [5.41, 5.74) is 9.95. The predicted molar refractivity (Wildman–Crippen MR) is 158 cm³/mol. The number of hydrazine groups is 2. The molecule has 0 unspecified atom stereocenters. The van der Waals surface area contributed by atoms with Crippen molar-refractivity contribution >= 4 is 52.6 Å². The molecule has 0 aromatic heterocycles. The molecule has 0 saturated heterocycles. The molecule has 10 heteroatoms. The normalized spacial score (nSPS) is 10.5. The first-order valence-corrected chi connectivity index (χ1v) is 14.8. The van der Waals surface area contributed by atoms with E-state index in [1.165, 1.54) is 0 Å². The van der Waals surface area contributed by atoms with Crippen LogP contribution < -0.4 is 22.1 Å². The Hall–Kier alpha value is -2.69. The van der Waals surface area contributed by atoms with Crippen LogP contribution in [0.2, 0.25) is 0 Å². The quantitative estimate of drug-likeness (QED) is 0.101. The molecule has 0 aliphatic rings. The van der Waals surface area contributed by atoms with Crippen LogP contribution in [0.5, 0.6) is 0 Å². The number of hydrogen-bond donors (Lipinski definition) is 4. The monoisotopic (exact) mass is 548 g/mol. The van der Waals surface area contributed by atoms with Crippen LogP contribution in [0, 0.1) is 0 Å². The van der Waals surface area contributed by atoms with Crippen molar-refractivity contribution in [1.82, 2.24) is 5.43 Å². The van der Waals surface area contributed by atoms with Crippen molar-refractivity contribution in [2.24, 2.45) is 5.84 Å². The number of anilines is 2. The van der Waals surface area contributed by atoms with E-state index in [2.05, 4.69) is 16.3 Å². The molecule has 8 nitrogen and oxygen atoms in total. The summed E-state index contributed by atoms with van der Waals surface area (Å²) in [6.07, 6.45) is 6.44. The first-order valence-electron chi connectivity index (χ1n) is 12.1. The molecule has 0 bridgehead atoms. The fraction of sp³-hybridized carbons (Fsp3) is 0.444. The van der Waals surface area contributed by atoms with E-state index in [4.69, 9.17) is 10.6 Å². The minimum Gasteiger partial charge on any atom is -0.443 e. The Balaban J connectivity index is 0.000000397. The molecule has 0 aliphatic heterocycles. The summed E-state index contributed by atoms with van der Waals surface area (Å²) in [5, 5.41) is 0. The van der Waals surface area contributed by atoms with E-state index in [9.17, 15) is 14.4 Å². The van der Waals surface area contributed by atoms with Crippen LogP contribution in [0.15, 0.2) is 48.5 Å². The molecule has 0 heterocycles. The number of benzene rings is 2. The van der Waals surface area contributed by atoms with Gasteiger partial charge in [0.1, 0.15) is 5.60 Å². The Labute approximate surface area is 229 Å². The van der Waals surface area contributed by atoms with Crippen LogP contribution in [0.25, 0.3) is 0 Å². The number of nitrogen functional groups attached to an aromatic ring is 1. The zero-order valence-corrected chi connectivity index (χ0v) is 24.0. The van der Waals surface area contributed by atoms with Gasteiger partial charge in [0.15, 0.2) is 11.6 Å². The largest absolute Gasteiger partial charge is 0.443 e. The minimum atomic E-state index is -0.566. The SMILES string of the molecule is CSCCCC(=O)c1cccc(NN)c1.CSCCCC(=O)c1cccc(NNC(=O)OC(C)(C)C)c1. The van der Waals surface area contributed by atoms with Gasteiger partial charge in [0, 0.05) is 29.7 Å². The van der Waals surface area contributed by atoms with E-state index in [0.29, 0.717) is 24.1 Å². The smallest absolute Gasteiger partial charge is 0.426 e. The zero-order chi connectivity index (χ0) is 27.7. The maximum Gasteiger partial charge on any atom is 0.426 e. The summed E-state index contributed by atoms with van der Waals surface area (Å²) in [5.74, 6) is 7.57. The van der Waals surface area contributed by atoms with Crippen LogP contribution in [0.4, 0.5) is 16.2 Å². The van der Waals surface area contributed by atoms with Crippen LogP contribution in [0.3, 0.4) is 0 Å². The highest BCUT2D eigenvalue weighted by Gasteiger charge is 2.16. The van der Waals surface area contributed by atoms with Gasteiger partial charge in [-0.15, -0.1) is 0 Å². The number of Topliss-reactive ketones (excluding diaryl/α,β-unsaturated/α-hetero) is 2. The third-order valence-corrected chi connectivity index (χ3v) is 6.14. The van der Waals surface area contributed by atoms with Crippen molar-refractivity contribution in [3.63, 3.8) is 0 Å². The molecule has 1 amide bonds. The van der Waals surface area contributed by atoms with Crippen molar-refractivity contribution in [1.29, 1.82) is 0 Å². The summed E-state index contributed by atoms with van der Waals surface area (Å²) < 4.78 is 5.12. The second-order valence-corrected chi connectivity index (χ2v) is 11.1. The lowest BCUT2D eigenvalue weighted by Crippen LogP contribution is -2.35. The number of carbonyl (C=O) groups is 3. The van der Waals surface area contributed by atoms with Gasteiger partial charge >= 0.3 is 6.09 Å². The number of ether oxygens (including phenoxy) is 1. The van der Waals surface area contributed by atoms with Crippen molar-refractivity contribution < 1.29 is 19.1 Å². The van der Waals surface area contributed by atoms with E-state index in [0.717, 1.165) is 35.6 Å². The van der Waals surface area contributed by atoms with Gasteiger partial charge in [-0.3, -0.25) is 20.9 Å². The summed E-state index contributed by atoms with van der Waals surface area (Å²) >= 11 is 3.49. The number of rotatable bonds is 13. The summed E-state index contributed by atoms with van der Waals surface area (Å²) in [6.45, 7) is 5.38. The van der Waals surface area contributed by atoms with Gasteiger partial charge in [-0.25, -0.2) is 10.2 Å². The zero-order valence-electron chi connectivity index (χ0n) is 22.4. The van der Waals surface area contributed by atoms with E-state index >= 15 is 0 Å². The molecule has 204 valence electrons. The third-order valence-electron chi connectivity index (χ3n) is 4.75. The first-order chi connectivity index (χ1) is 17.6. The van der Waals surface area contributed by atoms with E-state index in [1.54, 1.807) is 74.6 Å². The van der Waals surface area contributed by atoms with Gasteiger partial charge < -0.3 is 10.2 Å². The molecular weight excluding hydrogens is 508 g/mol. The molecule has 0 radical (unpaired) electrons. The number of carbonyl (C=O) groups excluding carboxylic acids is 3.